The summed E-state index contributed by atoms with van der Waals surface area (Å²) in [6.07, 6.45) is 1.88. The molecule has 1 aromatic heterocycles. The molecule has 3 rings (SSSR count). The molecule has 0 amide bonds. The number of nitrogens with zero attached hydrogens (tertiary/aromatic N) is 2. The number of rotatable bonds is 4. The van der Waals surface area contributed by atoms with Gasteiger partial charge in [0.1, 0.15) is 5.58 Å². The second-order valence-electron chi connectivity index (χ2n) is 5.41. The summed E-state index contributed by atoms with van der Waals surface area (Å²) in [5.74, 6) is 0. The van der Waals surface area contributed by atoms with E-state index < -0.39 is 0 Å². The fourth-order valence-electron chi connectivity index (χ4n) is 3.12. The molecule has 108 valence electrons. The quantitative estimate of drug-likeness (QED) is 0.926. The van der Waals surface area contributed by atoms with Gasteiger partial charge in [-0.15, -0.1) is 0 Å². The van der Waals surface area contributed by atoms with Crippen molar-refractivity contribution in [3.05, 3.63) is 36.1 Å². The molecule has 1 saturated heterocycles. The second kappa shape index (κ2) is 5.95. The van der Waals surface area contributed by atoms with Gasteiger partial charge in [0, 0.05) is 43.7 Å². The van der Waals surface area contributed by atoms with Crippen LogP contribution >= 0.6 is 0 Å². The lowest BCUT2D eigenvalue weighted by molar-refractivity contribution is 0.102. The fraction of sp³-hybridized carbons (Fsp3) is 0.500. The molecule has 1 aliphatic rings. The lowest BCUT2D eigenvalue weighted by Gasteiger charge is -2.38. The highest BCUT2D eigenvalue weighted by Gasteiger charge is 2.25. The third-order valence-electron chi connectivity index (χ3n) is 4.39. The van der Waals surface area contributed by atoms with Crippen molar-refractivity contribution < 1.29 is 4.42 Å². The van der Waals surface area contributed by atoms with Crippen LogP contribution in [0.1, 0.15) is 18.5 Å². The maximum Gasteiger partial charge on any atom is 0.134 e. The highest BCUT2D eigenvalue weighted by Crippen LogP contribution is 2.30. The van der Waals surface area contributed by atoms with Crippen molar-refractivity contribution >= 4 is 11.0 Å². The first-order valence-electron chi connectivity index (χ1n) is 7.46. The summed E-state index contributed by atoms with van der Waals surface area (Å²) in [7, 11) is 0. The number of furan rings is 1. The first-order valence-corrected chi connectivity index (χ1v) is 7.46. The molecule has 1 fully saturated rings. The van der Waals surface area contributed by atoms with Crippen LogP contribution < -0.4 is 5.73 Å². The molecule has 0 radical (unpaired) electrons. The lowest BCUT2D eigenvalue weighted by Crippen LogP contribution is -2.48. The maximum absolute atomic E-state index is 6.06. The normalized spacial score (nSPS) is 19.5. The smallest absolute Gasteiger partial charge is 0.134 e. The number of piperazine rings is 1. The van der Waals surface area contributed by atoms with Gasteiger partial charge in [0.05, 0.1) is 12.3 Å². The highest BCUT2D eigenvalue weighted by atomic mass is 16.3. The average molecular weight is 273 g/mol. The van der Waals surface area contributed by atoms with E-state index in [-0.39, 0.29) is 6.04 Å². The standard InChI is InChI=1S/C16H23N3O/c1-2-18-7-9-19(10-8-18)15(11-17)14-12-20-16-6-4-3-5-13(14)16/h3-6,12,15H,2,7-11,17H2,1H3. The SMILES string of the molecule is CCN1CCN(C(CN)c2coc3ccccc23)CC1. The molecule has 0 spiro atoms. The third kappa shape index (κ3) is 2.46. The van der Waals surface area contributed by atoms with Gasteiger partial charge in [-0.25, -0.2) is 0 Å². The molecule has 1 unspecified atom stereocenters. The highest BCUT2D eigenvalue weighted by molar-refractivity contribution is 5.81. The number of hydrogen-bond acceptors (Lipinski definition) is 4. The Bertz CT molecular complexity index is 558. The molecule has 2 N–H and O–H groups in total. The van der Waals surface area contributed by atoms with Crippen molar-refractivity contribution in [2.45, 2.75) is 13.0 Å². The maximum atomic E-state index is 6.06. The van der Waals surface area contributed by atoms with Crippen LogP contribution in [-0.4, -0.2) is 49.1 Å². The van der Waals surface area contributed by atoms with Crippen molar-refractivity contribution in [2.75, 3.05) is 39.3 Å². The molecule has 1 aliphatic heterocycles. The zero-order chi connectivity index (χ0) is 13.9. The first kappa shape index (κ1) is 13.6. The topological polar surface area (TPSA) is 45.6 Å². The van der Waals surface area contributed by atoms with E-state index in [0.29, 0.717) is 6.54 Å². The molecule has 4 nitrogen and oxygen atoms in total. The molecule has 0 bridgehead atoms. The summed E-state index contributed by atoms with van der Waals surface area (Å²) in [6, 6.07) is 8.47. The van der Waals surface area contributed by atoms with E-state index in [1.54, 1.807) is 0 Å². The summed E-state index contributed by atoms with van der Waals surface area (Å²) in [5, 5.41) is 1.20. The first-order chi connectivity index (χ1) is 9.83. The molecule has 2 aromatic rings. The van der Waals surface area contributed by atoms with Crippen molar-refractivity contribution in [1.82, 2.24) is 9.80 Å². The van der Waals surface area contributed by atoms with E-state index >= 15 is 0 Å². The van der Waals surface area contributed by atoms with Crippen LogP contribution in [0.2, 0.25) is 0 Å². The largest absolute Gasteiger partial charge is 0.464 e. The van der Waals surface area contributed by atoms with Gasteiger partial charge >= 0.3 is 0 Å². The zero-order valence-corrected chi connectivity index (χ0v) is 12.1. The van der Waals surface area contributed by atoms with Gasteiger partial charge in [-0.2, -0.15) is 0 Å². The molecular weight excluding hydrogens is 250 g/mol. The van der Waals surface area contributed by atoms with Crippen LogP contribution in [0.15, 0.2) is 34.9 Å². The Morgan fingerprint density at radius 3 is 2.65 bits per heavy atom. The second-order valence-corrected chi connectivity index (χ2v) is 5.41. The van der Waals surface area contributed by atoms with Crippen LogP contribution in [0.5, 0.6) is 0 Å². The fourth-order valence-corrected chi connectivity index (χ4v) is 3.12. The molecule has 4 heteroatoms. The molecule has 1 aromatic carbocycles. The van der Waals surface area contributed by atoms with Crippen molar-refractivity contribution in [2.24, 2.45) is 5.73 Å². The monoisotopic (exact) mass is 273 g/mol. The van der Waals surface area contributed by atoms with Gasteiger partial charge in [-0.05, 0) is 12.6 Å². The Morgan fingerprint density at radius 2 is 1.95 bits per heavy atom. The van der Waals surface area contributed by atoms with E-state index in [9.17, 15) is 0 Å². The molecule has 2 heterocycles. The summed E-state index contributed by atoms with van der Waals surface area (Å²) in [4.78, 5) is 4.97. The number of para-hydroxylation sites is 1. The minimum absolute atomic E-state index is 0.262. The molecule has 1 atom stereocenters. The zero-order valence-electron chi connectivity index (χ0n) is 12.1. The Hall–Kier alpha value is -1.36. The Morgan fingerprint density at radius 1 is 1.20 bits per heavy atom. The van der Waals surface area contributed by atoms with Gasteiger partial charge in [0.15, 0.2) is 0 Å². The Labute approximate surface area is 120 Å². The summed E-state index contributed by atoms with van der Waals surface area (Å²) in [6.45, 7) is 8.40. The van der Waals surface area contributed by atoms with Crippen molar-refractivity contribution in [1.29, 1.82) is 0 Å². The van der Waals surface area contributed by atoms with E-state index in [0.717, 1.165) is 38.3 Å². The average Bonchev–Trinajstić information content (AvgIpc) is 2.93. The minimum atomic E-state index is 0.262. The third-order valence-corrected chi connectivity index (χ3v) is 4.39. The molecule has 0 aliphatic carbocycles. The van der Waals surface area contributed by atoms with Gasteiger partial charge < -0.3 is 15.1 Å². The van der Waals surface area contributed by atoms with Crippen LogP contribution in [0.3, 0.4) is 0 Å². The van der Waals surface area contributed by atoms with Crippen LogP contribution in [-0.2, 0) is 0 Å². The van der Waals surface area contributed by atoms with E-state index in [1.807, 2.05) is 18.4 Å². The molecule has 20 heavy (non-hydrogen) atoms. The molecular formula is C16H23N3O. The summed E-state index contributed by atoms with van der Waals surface area (Å²) < 4.78 is 5.67. The van der Waals surface area contributed by atoms with Crippen LogP contribution in [0, 0.1) is 0 Å². The number of hydrogen-bond donors (Lipinski definition) is 1. The minimum Gasteiger partial charge on any atom is -0.464 e. The summed E-state index contributed by atoms with van der Waals surface area (Å²) in [5.41, 5.74) is 8.24. The van der Waals surface area contributed by atoms with E-state index in [1.165, 1.54) is 10.9 Å². The van der Waals surface area contributed by atoms with Crippen LogP contribution in [0.4, 0.5) is 0 Å². The summed E-state index contributed by atoms with van der Waals surface area (Å²) >= 11 is 0. The van der Waals surface area contributed by atoms with E-state index in [2.05, 4.69) is 28.9 Å². The van der Waals surface area contributed by atoms with Crippen molar-refractivity contribution in [3.63, 3.8) is 0 Å². The van der Waals surface area contributed by atoms with Crippen molar-refractivity contribution in [3.8, 4) is 0 Å². The van der Waals surface area contributed by atoms with E-state index in [4.69, 9.17) is 10.2 Å². The predicted molar refractivity (Wildman–Crippen MR) is 81.7 cm³/mol. The number of fused-ring (bicyclic) bond motifs is 1. The number of benzene rings is 1. The molecule has 0 saturated carbocycles. The Kier molecular flexibility index (Phi) is 4.05. The van der Waals surface area contributed by atoms with Gasteiger partial charge in [0.25, 0.3) is 0 Å². The van der Waals surface area contributed by atoms with Gasteiger partial charge in [-0.1, -0.05) is 25.1 Å². The Balaban J connectivity index is 1.83. The predicted octanol–water partition coefficient (Wildman–Crippen LogP) is 2.07. The number of likely N-dealkylation sites (N-methyl/N-ethyl adjacent to an activating group) is 1. The lowest BCUT2D eigenvalue weighted by atomic mass is 10.0. The van der Waals surface area contributed by atoms with Gasteiger partial charge in [0.2, 0.25) is 0 Å². The number of nitrogens with two attached hydrogens (primary N) is 1. The van der Waals surface area contributed by atoms with Crippen LogP contribution in [0.25, 0.3) is 11.0 Å². The van der Waals surface area contributed by atoms with Gasteiger partial charge in [-0.3, -0.25) is 4.90 Å².